The number of methoxy groups -OCH3 is 1. The molecule has 0 unspecified atom stereocenters. The number of fused-ring (bicyclic) bond motifs is 1. The van der Waals surface area contributed by atoms with Crippen molar-refractivity contribution < 1.29 is 19.1 Å². The van der Waals surface area contributed by atoms with E-state index >= 15 is 0 Å². The molecule has 0 N–H and O–H groups in total. The van der Waals surface area contributed by atoms with Crippen LogP contribution in [0.2, 0.25) is 0 Å². The van der Waals surface area contributed by atoms with Gasteiger partial charge >= 0.3 is 5.97 Å². The van der Waals surface area contributed by atoms with Crippen molar-refractivity contribution in [2.75, 3.05) is 25.2 Å². The zero-order valence-corrected chi connectivity index (χ0v) is 13.9. The van der Waals surface area contributed by atoms with Crippen molar-refractivity contribution in [3.05, 3.63) is 5.69 Å². The summed E-state index contributed by atoms with van der Waals surface area (Å²) in [5, 5.41) is 4.35. The standard InChI is InChI=1S/C16H23N3O4/c1-10-13-15(18(2)17-10)23-9-8-19(13)14(20)11-4-6-12(7-5-11)16(21)22-3/h11-12H,4-9H2,1-3H3. The van der Waals surface area contributed by atoms with Crippen LogP contribution in [0.5, 0.6) is 5.88 Å². The molecule has 0 atom stereocenters. The molecule has 0 radical (unpaired) electrons. The second-order valence-electron chi connectivity index (χ2n) is 6.27. The maximum Gasteiger partial charge on any atom is 0.308 e. The Labute approximate surface area is 135 Å². The van der Waals surface area contributed by atoms with Gasteiger partial charge in [-0.3, -0.25) is 9.59 Å². The Hall–Kier alpha value is -2.05. The lowest BCUT2D eigenvalue weighted by molar-refractivity contribution is -0.147. The lowest BCUT2D eigenvalue weighted by Gasteiger charge is -2.33. The van der Waals surface area contributed by atoms with Gasteiger partial charge in [-0.05, 0) is 32.6 Å². The molecule has 7 nitrogen and oxygen atoms in total. The van der Waals surface area contributed by atoms with E-state index in [1.165, 1.54) is 7.11 Å². The number of nitrogens with zero attached hydrogens (tertiary/aromatic N) is 3. The zero-order valence-electron chi connectivity index (χ0n) is 13.9. The normalized spacial score (nSPS) is 23.9. The molecular formula is C16H23N3O4. The van der Waals surface area contributed by atoms with Crippen LogP contribution in [0.15, 0.2) is 0 Å². The van der Waals surface area contributed by atoms with Crippen molar-refractivity contribution in [3.63, 3.8) is 0 Å². The van der Waals surface area contributed by atoms with Crippen LogP contribution in [0.3, 0.4) is 0 Å². The summed E-state index contributed by atoms with van der Waals surface area (Å²) in [6.45, 7) is 2.92. The summed E-state index contributed by atoms with van der Waals surface area (Å²) in [6, 6.07) is 0. The van der Waals surface area contributed by atoms with E-state index in [4.69, 9.17) is 9.47 Å². The molecule has 1 aliphatic carbocycles. The molecule has 0 bridgehead atoms. The first-order chi connectivity index (χ1) is 11.0. The summed E-state index contributed by atoms with van der Waals surface area (Å²) in [7, 11) is 3.24. The van der Waals surface area contributed by atoms with Crippen molar-refractivity contribution in [2.24, 2.45) is 18.9 Å². The third kappa shape index (κ3) is 2.80. The number of rotatable bonds is 2. The van der Waals surface area contributed by atoms with Crippen molar-refractivity contribution in [3.8, 4) is 5.88 Å². The van der Waals surface area contributed by atoms with Crippen molar-refractivity contribution >= 4 is 17.6 Å². The Balaban J connectivity index is 1.72. The second-order valence-corrected chi connectivity index (χ2v) is 6.27. The largest absolute Gasteiger partial charge is 0.474 e. The minimum Gasteiger partial charge on any atom is -0.474 e. The maximum atomic E-state index is 12.9. The van der Waals surface area contributed by atoms with Crippen LogP contribution >= 0.6 is 0 Å². The van der Waals surface area contributed by atoms with Gasteiger partial charge in [-0.15, -0.1) is 0 Å². The van der Waals surface area contributed by atoms with Gasteiger partial charge < -0.3 is 14.4 Å². The minimum absolute atomic E-state index is 0.0403. The topological polar surface area (TPSA) is 73.7 Å². The van der Waals surface area contributed by atoms with Crippen molar-refractivity contribution in [1.82, 2.24) is 9.78 Å². The molecule has 1 amide bonds. The molecule has 2 aliphatic rings. The van der Waals surface area contributed by atoms with Crippen molar-refractivity contribution in [1.29, 1.82) is 0 Å². The summed E-state index contributed by atoms with van der Waals surface area (Å²) in [5.74, 6) is 0.512. The lowest BCUT2D eigenvalue weighted by atomic mass is 9.81. The highest BCUT2D eigenvalue weighted by Crippen LogP contribution is 2.37. The molecule has 0 aromatic carbocycles. The van der Waals surface area contributed by atoms with Gasteiger partial charge in [-0.25, -0.2) is 4.68 Å². The van der Waals surface area contributed by atoms with Crippen LogP contribution in [-0.2, 0) is 21.4 Å². The van der Waals surface area contributed by atoms with E-state index in [0.717, 1.165) is 24.2 Å². The molecule has 1 fully saturated rings. The van der Waals surface area contributed by atoms with Gasteiger partial charge in [0.15, 0.2) is 0 Å². The maximum absolute atomic E-state index is 12.9. The first-order valence-electron chi connectivity index (χ1n) is 8.08. The molecule has 1 aliphatic heterocycles. The molecule has 1 aromatic heterocycles. The highest BCUT2D eigenvalue weighted by Gasteiger charge is 2.36. The Kier molecular flexibility index (Phi) is 4.28. The lowest BCUT2D eigenvalue weighted by Crippen LogP contribution is -2.43. The summed E-state index contributed by atoms with van der Waals surface area (Å²) >= 11 is 0. The monoisotopic (exact) mass is 321 g/mol. The molecule has 2 heterocycles. The van der Waals surface area contributed by atoms with E-state index in [0.29, 0.717) is 31.9 Å². The van der Waals surface area contributed by atoms with Gasteiger partial charge in [0.25, 0.3) is 0 Å². The van der Waals surface area contributed by atoms with Crippen LogP contribution < -0.4 is 9.64 Å². The number of anilines is 1. The predicted molar refractivity (Wildman–Crippen MR) is 83.3 cm³/mol. The Morgan fingerprint density at radius 2 is 1.87 bits per heavy atom. The number of esters is 1. The average molecular weight is 321 g/mol. The number of aryl methyl sites for hydroxylation is 2. The Morgan fingerprint density at radius 3 is 2.52 bits per heavy atom. The number of carbonyl (C=O) groups excluding carboxylic acids is 2. The Morgan fingerprint density at radius 1 is 1.22 bits per heavy atom. The minimum atomic E-state index is -0.160. The summed E-state index contributed by atoms with van der Waals surface area (Å²) in [5.41, 5.74) is 1.60. The third-order valence-corrected chi connectivity index (χ3v) is 4.84. The molecule has 1 saturated carbocycles. The van der Waals surface area contributed by atoms with E-state index in [2.05, 4.69) is 5.10 Å². The van der Waals surface area contributed by atoms with Gasteiger partial charge in [-0.2, -0.15) is 5.10 Å². The van der Waals surface area contributed by atoms with Crippen LogP contribution in [-0.4, -0.2) is 41.9 Å². The van der Waals surface area contributed by atoms with E-state index in [9.17, 15) is 9.59 Å². The van der Waals surface area contributed by atoms with Crippen LogP contribution in [0, 0.1) is 18.8 Å². The van der Waals surface area contributed by atoms with Gasteiger partial charge in [0.2, 0.25) is 11.8 Å². The van der Waals surface area contributed by atoms with Crippen LogP contribution in [0.25, 0.3) is 0 Å². The highest BCUT2D eigenvalue weighted by molar-refractivity contribution is 5.97. The average Bonchev–Trinajstić information content (AvgIpc) is 2.88. The molecular weight excluding hydrogens is 298 g/mol. The van der Waals surface area contributed by atoms with Crippen LogP contribution in [0.4, 0.5) is 5.69 Å². The van der Waals surface area contributed by atoms with E-state index < -0.39 is 0 Å². The van der Waals surface area contributed by atoms with Gasteiger partial charge in [-0.1, -0.05) is 0 Å². The number of hydrogen-bond acceptors (Lipinski definition) is 5. The van der Waals surface area contributed by atoms with E-state index in [1.807, 2.05) is 18.9 Å². The number of hydrogen-bond donors (Lipinski definition) is 0. The number of aromatic nitrogens is 2. The predicted octanol–water partition coefficient (Wildman–Crippen LogP) is 1.43. The Bertz CT molecular complexity index is 617. The summed E-state index contributed by atoms with van der Waals surface area (Å²) in [4.78, 5) is 26.4. The summed E-state index contributed by atoms with van der Waals surface area (Å²) < 4.78 is 12.1. The van der Waals surface area contributed by atoms with Gasteiger partial charge in [0.05, 0.1) is 25.3 Å². The zero-order chi connectivity index (χ0) is 16.6. The van der Waals surface area contributed by atoms with Gasteiger partial charge in [0, 0.05) is 13.0 Å². The molecule has 23 heavy (non-hydrogen) atoms. The van der Waals surface area contributed by atoms with Gasteiger partial charge in [0.1, 0.15) is 12.3 Å². The van der Waals surface area contributed by atoms with Crippen LogP contribution in [0.1, 0.15) is 31.4 Å². The number of ether oxygens (including phenoxy) is 2. The fourth-order valence-corrected chi connectivity index (χ4v) is 3.63. The third-order valence-electron chi connectivity index (χ3n) is 4.84. The first kappa shape index (κ1) is 15.8. The van der Waals surface area contributed by atoms with E-state index in [1.54, 1.807) is 4.68 Å². The quantitative estimate of drug-likeness (QED) is 0.771. The number of amides is 1. The summed E-state index contributed by atoms with van der Waals surface area (Å²) in [6.07, 6.45) is 2.88. The fraction of sp³-hybridized carbons (Fsp3) is 0.688. The fourth-order valence-electron chi connectivity index (χ4n) is 3.63. The van der Waals surface area contributed by atoms with E-state index in [-0.39, 0.29) is 23.7 Å². The molecule has 126 valence electrons. The molecule has 1 aromatic rings. The second kappa shape index (κ2) is 6.22. The molecule has 3 rings (SSSR count). The SMILES string of the molecule is COC(=O)C1CCC(C(=O)N2CCOc3c2c(C)nn3C)CC1. The molecule has 0 spiro atoms. The smallest absolute Gasteiger partial charge is 0.308 e. The molecule has 7 heteroatoms. The number of carbonyl (C=O) groups is 2. The van der Waals surface area contributed by atoms with Crippen molar-refractivity contribution in [2.45, 2.75) is 32.6 Å². The molecule has 0 saturated heterocycles. The highest BCUT2D eigenvalue weighted by atomic mass is 16.5. The first-order valence-corrected chi connectivity index (χ1v) is 8.08.